The Morgan fingerprint density at radius 3 is 2.35 bits per heavy atom. The Morgan fingerprint density at radius 1 is 0.919 bits per heavy atom. The van der Waals surface area contributed by atoms with Crippen molar-refractivity contribution >= 4 is 17.7 Å². The van der Waals surface area contributed by atoms with Crippen molar-refractivity contribution in [2.24, 2.45) is 0 Å². The van der Waals surface area contributed by atoms with Crippen LogP contribution in [0, 0.1) is 0 Å². The van der Waals surface area contributed by atoms with Crippen LogP contribution in [0.25, 0.3) is 11.1 Å². The molecule has 0 aliphatic rings. The number of benzene rings is 2. The Labute approximate surface area is 219 Å². The summed E-state index contributed by atoms with van der Waals surface area (Å²) in [6.45, 7) is 3.34. The van der Waals surface area contributed by atoms with Crippen LogP contribution in [0.1, 0.15) is 50.2 Å². The molecule has 0 bridgehead atoms. The van der Waals surface area contributed by atoms with E-state index >= 15 is 0 Å². The predicted octanol–water partition coefficient (Wildman–Crippen LogP) is 5.65. The summed E-state index contributed by atoms with van der Waals surface area (Å²) in [7, 11) is 1.78. The predicted molar refractivity (Wildman–Crippen MR) is 149 cm³/mol. The second-order valence-corrected chi connectivity index (χ2v) is 9.28. The molecule has 1 heterocycles. The minimum Gasteiger partial charge on any atom is -0.480 e. The summed E-state index contributed by atoms with van der Waals surface area (Å²) < 4.78 is 0. The van der Waals surface area contributed by atoms with E-state index in [-0.39, 0.29) is 6.03 Å². The molecule has 3 rings (SSSR count). The van der Waals surface area contributed by atoms with Gasteiger partial charge in [-0.1, -0.05) is 69.0 Å². The van der Waals surface area contributed by atoms with Gasteiger partial charge < -0.3 is 15.7 Å². The van der Waals surface area contributed by atoms with Crippen LogP contribution in [0.5, 0.6) is 0 Å². The summed E-state index contributed by atoms with van der Waals surface area (Å²) in [5.41, 5.74) is 4.74. The van der Waals surface area contributed by atoms with Crippen LogP contribution in [0.3, 0.4) is 0 Å². The number of carboxylic acid groups (broad SMARTS) is 1. The number of carbonyl (C=O) groups excluding carboxylic acids is 1. The molecule has 0 aliphatic carbocycles. The van der Waals surface area contributed by atoms with E-state index in [9.17, 15) is 14.7 Å². The standard InChI is InChI=1S/C30H38N4O3/c1-3-4-5-6-7-17-32-30(37)34(2)27-10-8-9-26(21-27)25-13-11-23(12-14-25)20-28(29(35)36)33-22-24-15-18-31-19-16-24/h8-16,18-19,21,28,33H,3-7,17,20,22H2,1-2H3,(H,32,37)(H,35,36)/t28-/m0/s1. The number of carboxylic acids is 1. The van der Waals surface area contributed by atoms with E-state index in [4.69, 9.17) is 0 Å². The first-order valence-corrected chi connectivity index (χ1v) is 13.0. The smallest absolute Gasteiger partial charge is 0.321 e. The fourth-order valence-corrected chi connectivity index (χ4v) is 4.11. The van der Waals surface area contributed by atoms with Crippen molar-refractivity contribution in [3.63, 3.8) is 0 Å². The minimum atomic E-state index is -0.881. The maximum Gasteiger partial charge on any atom is 0.321 e. The second kappa shape index (κ2) is 14.8. The first-order chi connectivity index (χ1) is 18.0. The van der Waals surface area contributed by atoms with Crippen molar-refractivity contribution in [1.82, 2.24) is 15.6 Å². The minimum absolute atomic E-state index is 0.109. The van der Waals surface area contributed by atoms with Gasteiger partial charge in [0.25, 0.3) is 0 Å². The van der Waals surface area contributed by atoms with Crippen LogP contribution in [-0.4, -0.2) is 41.7 Å². The van der Waals surface area contributed by atoms with E-state index in [1.54, 1.807) is 24.3 Å². The molecule has 0 radical (unpaired) electrons. The van der Waals surface area contributed by atoms with Crippen LogP contribution in [0.15, 0.2) is 73.1 Å². The molecule has 2 amide bonds. The number of unbranched alkanes of at least 4 members (excludes halogenated alkanes) is 4. The summed E-state index contributed by atoms with van der Waals surface area (Å²) in [4.78, 5) is 30.0. The number of aromatic nitrogens is 1. The molecule has 0 aliphatic heterocycles. The van der Waals surface area contributed by atoms with Crippen molar-refractivity contribution in [2.75, 3.05) is 18.5 Å². The topological polar surface area (TPSA) is 94.6 Å². The zero-order valence-corrected chi connectivity index (χ0v) is 21.8. The van der Waals surface area contributed by atoms with Crippen molar-refractivity contribution in [1.29, 1.82) is 0 Å². The highest BCUT2D eigenvalue weighted by atomic mass is 16.4. The summed E-state index contributed by atoms with van der Waals surface area (Å²) in [6.07, 6.45) is 9.56. The van der Waals surface area contributed by atoms with Gasteiger partial charge in [-0.05, 0) is 59.4 Å². The molecular weight excluding hydrogens is 464 g/mol. The van der Waals surface area contributed by atoms with Gasteiger partial charge in [0.2, 0.25) is 0 Å². The SMILES string of the molecule is CCCCCCCNC(=O)N(C)c1cccc(-c2ccc(C[C@H](NCc3ccncc3)C(=O)O)cc2)c1. The lowest BCUT2D eigenvalue weighted by atomic mass is 10.00. The average Bonchev–Trinajstić information content (AvgIpc) is 2.93. The van der Waals surface area contributed by atoms with Crippen molar-refractivity contribution < 1.29 is 14.7 Å². The third-order valence-electron chi connectivity index (χ3n) is 6.42. The Bertz CT molecular complexity index is 1120. The van der Waals surface area contributed by atoms with Crippen molar-refractivity contribution in [3.05, 3.63) is 84.2 Å². The number of hydrogen-bond acceptors (Lipinski definition) is 4. The van der Waals surface area contributed by atoms with E-state index in [0.29, 0.717) is 19.5 Å². The Balaban J connectivity index is 1.57. The van der Waals surface area contributed by atoms with Crippen LogP contribution in [0.4, 0.5) is 10.5 Å². The quantitative estimate of drug-likeness (QED) is 0.248. The van der Waals surface area contributed by atoms with Gasteiger partial charge in [0.15, 0.2) is 0 Å². The monoisotopic (exact) mass is 502 g/mol. The molecule has 2 aromatic carbocycles. The van der Waals surface area contributed by atoms with Gasteiger partial charge >= 0.3 is 12.0 Å². The van der Waals surface area contributed by atoms with E-state index in [0.717, 1.165) is 40.8 Å². The molecule has 0 saturated heterocycles. The Hall–Kier alpha value is -3.71. The molecule has 7 nitrogen and oxygen atoms in total. The summed E-state index contributed by atoms with van der Waals surface area (Å²) in [5, 5.41) is 15.8. The van der Waals surface area contributed by atoms with Crippen LogP contribution < -0.4 is 15.5 Å². The zero-order valence-electron chi connectivity index (χ0n) is 21.8. The molecule has 0 unspecified atom stereocenters. The highest BCUT2D eigenvalue weighted by molar-refractivity contribution is 5.92. The molecule has 1 atom stereocenters. The van der Waals surface area contributed by atoms with E-state index < -0.39 is 12.0 Å². The fourth-order valence-electron chi connectivity index (χ4n) is 4.11. The maximum absolute atomic E-state index is 12.6. The van der Waals surface area contributed by atoms with Crippen molar-refractivity contribution in [2.45, 2.75) is 58.0 Å². The lowest BCUT2D eigenvalue weighted by Crippen LogP contribution is -2.38. The number of nitrogens with one attached hydrogen (secondary N) is 2. The molecular formula is C30H38N4O3. The van der Waals surface area contributed by atoms with E-state index in [2.05, 4.69) is 22.5 Å². The number of amides is 2. The second-order valence-electron chi connectivity index (χ2n) is 9.28. The molecule has 0 fully saturated rings. The van der Waals surface area contributed by atoms with Gasteiger partial charge in [-0.2, -0.15) is 0 Å². The number of pyridine rings is 1. The first-order valence-electron chi connectivity index (χ1n) is 13.0. The zero-order chi connectivity index (χ0) is 26.5. The number of rotatable bonds is 14. The maximum atomic E-state index is 12.6. The van der Waals surface area contributed by atoms with Crippen LogP contribution >= 0.6 is 0 Å². The van der Waals surface area contributed by atoms with Crippen LogP contribution in [-0.2, 0) is 17.8 Å². The van der Waals surface area contributed by atoms with Gasteiger partial charge in [-0.25, -0.2) is 4.79 Å². The molecule has 7 heteroatoms. The Kier molecular flexibility index (Phi) is 11.1. The molecule has 0 spiro atoms. The number of anilines is 1. The first kappa shape index (κ1) is 27.9. The van der Waals surface area contributed by atoms with Crippen LogP contribution in [0.2, 0.25) is 0 Å². The number of urea groups is 1. The molecule has 1 aromatic heterocycles. The molecule has 0 saturated carbocycles. The molecule has 37 heavy (non-hydrogen) atoms. The lowest BCUT2D eigenvalue weighted by molar-refractivity contribution is -0.139. The third kappa shape index (κ3) is 9.03. The molecule has 196 valence electrons. The summed E-state index contributed by atoms with van der Waals surface area (Å²) >= 11 is 0. The summed E-state index contributed by atoms with van der Waals surface area (Å²) in [6, 6.07) is 18.7. The highest BCUT2D eigenvalue weighted by Gasteiger charge is 2.17. The lowest BCUT2D eigenvalue weighted by Gasteiger charge is -2.19. The van der Waals surface area contributed by atoms with Gasteiger partial charge in [-0.15, -0.1) is 0 Å². The third-order valence-corrected chi connectivity index (χ3v) is 6.42. The number of carbonyl (C=O) groups is 2. The van der Waals surface area contributed by atoms with Gasteiger partial charge in [0, 0.05) is 38.2 Å². The van der Waals surface area contributed by atoms with E-state index in [1.165, 1.54) is 19.3 Å². The molecule has 3 N–H and O–H groups in total. The largest absolute Gasteiger partial charge is 0.480 e. The van der Waals surface area contributed by atoms with Gasteiger partial charge in [-0.3, -0.25) is 14.7 Å². The van der Waals surface area contributed by atoms with Gasteiger partial charge in [0.1, 0.15) is 6.04 Å². The Morgan fingerprint density at radius 2 is 1.65 bits per heavy atom. The number of hydrogen-bond donors (Lipinski definition) is 3. The van der Waals surface area contributed by atoms with Crippen molar-refractivity contribution in [3.8, 4) is 11.1 Å². The average molecular weight is 503 g/mol. The summed E-state index contributed by atoms with van der Waals surface area (Å²) in [5.74, 6) is -0.881. The number of aliphatic carboxylic acids is 1. The van der Waals surface area contributed by atoms with Gasteiger partial charge in [0.05, 0.1) is 0 Å². The fraction of sp³-hybridized carbons (Fsp3) is 0.367. The number of nitrogens with zero attached hydrogens (tertiary/aromatic N) is 2. The highest BCUT2D eigenvalue weighted by Crippen LogP contribution is 2.25. The molecule has 3 aromatic rings. The van der Waals surface area contributed by atoms with E-state index in [1.807, 2.05) is 60.7 Å². The normalized spacial score (nSPS) is 11.6.